The Hall–Kier alpha value is -2.03. The van der Waals surface area contributed by atoms with Crippen LogP contribution in [0.3, 0.4) is 0 Å². The van der Waals surface area contributed by atoms with Crippen LogP contribution in [0.15, 0.2) is 36.4 Å². The van der Waals surface area contributed by atoms with Crippen LogP contribution >= 0.6 is 0 Å². The van der Waals surface area contributed by atoms with Crippen LogP contribution in [0.2, 0.25) is 0 Å². The second-order valence-electron chi connectivity index (χ2n) is 5.86. The molecule has 1 aliphatic rings. The number of ether oxygens (including phenoxy) is 1. The molecule has 3 nitrogen and oxygen atoms in total. The van der Waals surface area contributed by atoms with Crippen molar-refractivity contribution >= 4 is 22.4 Å². The largest absolute Gasteiger partial charge is 0.465 e. The van der Waals surface area contributed by atoms with E-state index in [0.717, 1.165) is 37.8 Å². The zero-order valence-corrected chi connectivity index (χ0v) is 13.2. The maximum atomic E-state index is 12.1. The second kappa shape index (κ2) is 6.82. The Bertz CT molecular complexity index is 697. The number of carbonyl (C=O) groups is 1. The Morgan fingerprint density at radius 1 is 1.32 bits per heavy atom. The summed E-state index contributed by atoms with van der Waals surface area (Å²) >= 11 is 0. The monoisotopic (exact) mass is 297 g/mol. The minimum absolute atomic E-state index is 0.113. The van der Waals surface area contributed by atoms with Gasteiger partial charge in [0.25, 0.3) is 0 Å². The number of para-hydroxylation sites is 1. The number of allylic oxidation sites excluding steroid dienone is 1. The average Bonchev–Trinajstić information content (AvgIpc) is 2.78. The summed E-state index contributed by atoms with van der Waals surface area (Å²) < 4.78 is 7.67. The molecule has 22 heavy (non-hydrogen) atoms. The average molecular weight is 297 g/mol. The van der Waals surface area contributed by atoms with Crippen molar-refractivity contribution < 1.29 is 9.53 Å². The fourth-order valence-electron chi connectivity index (χ4n) is 3.05. The number of rotatable bonds is 5. The van der Waals surface area contributed by atoms with Gasteiger partial charge in [-0.25, -0.2) is 0 Å². The molecule has 1 aromatic carbocycles. The zero-order chi connectivity index (χ0) is 15.4. The fourth-order valence-corrected chi connectivity index (χ4v) is 3.05. The van der Waals surface area contributed by atoms with Crippen LogP contribution < -0.4 is 0 Å². The maximum absolute atomic E-state index is 12.1. The van der Waals surface area contributed by atoms with Gasteiger partial charge < -0.3 is 9.30 Å². The Labute approximate surface area is 131 Å². The van der Waals surface area contributed by atoms with E-state index in [0.29, 0.717) is 13.0 Å². The molecule has 0 bridgehead atoms. The quantitative estimate of drug-likeness (QED) is 0.599. The molecule has 0 radical (unpaired) electrons. The van der Waals surface area contributed by atoms with Gasteiger partial charge in [0.05, 0.1) is 13.0 Å². The lowest BCUT2D eigenvalue weighted by atomic mass is 10.1. The van der Waals surface area contributed by atoms with E-state index in [1.807, 2.05) is 0 Å². The molecule has 0 atom stereocenters. The molecule has 0 spiro atoms. The van der Waals surface area contributed by atoms with Crippen molar-refractivity contribution in [1.82, 2.24) is 4.57 Å². The number of hydrogen-bond acceptors (Lipinski definition) is 2. The van der Waals surface area contributed by atoms with Crippen molar-refractivity contribution in [2.24, 2.45) is 0 Å². The number of nitrogens with zero attached hydrogens (tertiary/aromatic N) is 1. The summed E-state index contributed by atoms with van der Waals surface area (Å²) in [7, 11) is 0. The highest BCUT2D eigenvalue weighted by molar-refractivity contribution is 5.90. The van der Waals surface area contributed by atoms with Gasteiger partial charge in [-0.05, 0) is 37.0 Å². The van der Waals surface area contributed by atoms with Gasteiger partial charge in [-0.2, -0.15) is 0 Å². The van der Waals surface area contributed by atoms with Crippen LogP contribution in [0.5, 0.6) is 0 Å². The lowest BCUT2D eigenvalue weighted by molar-refractivity contribution is -0.142. The van der Waals surface area contributed by atoms with E-state index in [9.17, 15) is 4.79 Å². The van der Waals surface area contributed by atoms with Gasteiger partial charge >= 0.3 is 5.97 Å². The molecule has 0 aliphatic carbocycles. The minimum Gasteiger partial charge on any atom is -0.465 e. The Morgan fingerprint density at radius 3 is 3.05 bits per heavy atom. The highest BCUT2D eigenvalue weighted by Crippen LogP contribution is 2.30. The van der Waals surface area contributed by atoms with Crippen molar-refractivity contribution in [3.8, 4) is 0 Å². The lowest BCUT2D eigenvalue weighted by Gasteiger charge is -2.10. The van der Waals surface area contributed by atoms with Gasteiger partial charge in [0.1, 0.15) is 0 Å². The first-order chi connectivity index (χ1) is 10.8. The van der Waals surface area contributed by atoms with Crippen LogP contribution in [0, 0.1) is 0 Å². The third-order valence-electron chi connectivity index (χ3n) is 4.21. The SMILES string of the molecule is CCCCOC(=O)CC1=CCCCn2c1cc1ccccc12. The molecule has 0 unspecified atom stereocenters. The van der Waals surface area contributed by atoms with Gasteiger partial charge in [-0.3, -0.25) is 4.79 Å². The van der Waals surface area contributed by atoms with Crippen LogP contribution in [-0.4, -0.2) is 17.1 Å². The first-order valence-corrected chi connectivity index (χ1v) is 8.23. The number of aryl methyl sites for hydroxylation is 1. The standard InChI is InChI=1S/C19H23NO2/c1-2-3-12-22-19(21)14-16-9-6-7-11-20-17-10-5-4-8-15(17)13-18(16)20/h4-5,8-10,13H,2-3,6-7,11-12,14H2,1H3. The molecule has 3 rings (SSSR count). The molecular formula is C19H23NO2. The minimum atomic E-state index is -0.113. The predicted molar refractivity (Wildman–Crippen MR) is 89.6 cm³/mol. The van der Waals surface area contributed by atoms with Crippen molar-refractivity contribution in [2.75, 3.05) is 6.61 Å². The van der Waals surface area contributed by atoms with Gasteiger partial charge in [0.2, 0.25) is 0 Å². The van der Waals surface area contributed by atoms with Crippen LogP contribution in [0.25, 0.3) is 16.5 Å². The number of hydrogen-bond donors (Lipinski definition) is 0. The van der Waals surface area contributed by atoms with Crippen molar-refractivity contribution in [2.45, 2.75) is 45.6 Å². The first kappa shape index (κ1) is 14.9. The first-order valence-electron chi connectivity index (χ1n) is 8.23. The highest BCUT2D eigenvalue weighted by Gasteiger charge is 2.17. The van der Waals surface area contributed by atoms with Gasteiger partial charge in [-0.15, -0.1) is 0 Å². The molecule has 1 aliphatic heterocycles. The summed E-state index contributed by atoms with van der Waals surface area (Å²) in [5.41, 5.74) is 3.53. The molecule has 3 heteroatoms. The van der Waals surface area contributed by atoms with E-state index in [2.05, 4.69) is 47.9 Å². The Morgan fingerprint density at radius 2 is 2.18 bits per heavy atom. The van der Waals surface area contributed by atoms with E-state index < -0.39 is 0 Å². The highest BCUT2D eigenvalue weighted by atomic mass is 16.5. The van der Waals surface area contributed by atoms with E-state index in [1.165, 1.54) is 16.6 Å². The molecule has 116 valence electrons. The van der Waals surface area contributed by atoms with Crippen LogP contribution in [0.1, 0.15) is 44.7 Å². The molecular weight excluding hydrogens is 274 g/mol. The number of aromatic nitrogens is 1. The lowest BCUT2D eigenvalue weighted by Crippen LogP contribution is -2.08. The molecule has 0 fully saturated rings. The number of carbonyl (C=O) groups excluding carboxylic acids is 1. The summed E-state index contributed by atoms with van der Waals surface area (Å²) in [5, 5.41) is 1.24. The van der Waals surface area contributed by atoms with Gasteiger partial charge in [0.15, 0.2) is 0 Å². The van der Waals surface area contributed by atoms with Gasteiger partial charge in [0, 0.05) is 23.1 Å². The Kier molecular flexibility index (Phi) is 4.62. The molecule has 0 amide bonds. The predicted octanol–water partition coefficient (Wildman–Crippen LogP) is 4.55. The summed E-state index contributed by atoms with van der Waals surface area (Å²) in [6.07, 6.45) is 6.70. The molecule has 2 heterocycles. The summed E-state index contributed by atoms with van der Waals surface area (Å²) in [6, 6.07) is 10.6. The summed E-state index contributed by atoms with van der Waals surface area (Å²) in [4.78, 5) is 12.1. The molecule has 0 saturated carbocycles. The Balaban J connectivity index is 1.84. The van der Waals surface area contributed by atoms with E-state index >= 15 is 0 Å². The number of benzene rings is 1. The summed E-state index contributed by atoms with van der Waals surface area (Å²) in [5.74, 6) is -0.113. The normalized spacial score (nSPS) is 14.3. The third-order valence-corrected chi connectivity index (χ3v) is 4.21. The van der Waals surface area contributed by atoms with Crippen molar-refractivity contribution in [3.63, 3.8) is 0 Å². The number of esters is 1. The van der Waals surface area contributed by atoms with E-state index in [1.54, 1.807) is 0 Å². The van der Waals surface area contributed by atoms with Crippen LogP contribution in [-0.2, 0) is 16.1 Å². The molecule has 0 saturated heterocycles. The van der Waals surface area contributed by atoms with Crippen molar-refractivity contribution in [3.05, 3.63) is 42.1 Å². The summed E-state index contributed by atoms with van der Waals surface area (Å²) in [6.45, 7) is 3.64. The fraction of sp³-hybridized carbons (Fsp3) is 0.421. The number of unbranched alkanes of at least 4 members (excludes halogenated alkanes) is 1. The molecule has 2 aromatic rings. The van der Waals surface area contributed by atoms with Gasteiger partial charge in [-0.1, -0.05) is 37.6 Å². The number of fused-ring (bicyclic) bond motifs is 3. The zero-order valence-electron chi connectivity index (χ0n) is 13.2. The van der Waals surface area contributed by atoms with Crippen LogP contribution in [0.4, 0.5) is 0 Å². The maximum Gasteiger partial charge on any atom is 0.310 e. The van der Waals surface area contributed by atoms with E-state index in [-0.39, 0.29) is 5.97 Å². The van der Waals surface area contributed by atoms with Crippen molar-refractivity contribution in [1.29, 1.82) is 0 Å². The molecule has 0 N–H and O–H groups in total. The van der Waals surface area contributed by atoms with E-state index in [4.69, 9.17) is 4.74 Å². The smallest absolute Gasteiger partial charge is 0.310 e. The molecule has 1 aromatic heterocycles. The topological polar surface area (TPSA) is 31.2 Å². The second-order valence-corrected chi connectivity index (χ2v) is 5.86. The third kappa shape index (κ3) is 3.08.